The number of hydrogen-bond donors (Lipinski definition) is 3. The van der Waals surface area contributed by atoms with Crippen LogP contribution in [0.2, 0.25) is 0 Å². The van der Waals surface area contributed by atoms with Gasteiger partial charge in [-0.15, -0.1) is 0 Å². The van der Waals surface area contributed by atoms with Gasteiger partial charge in [0, 0.05) is 60.4 Å². The zero-order valence-electron chi connectivity index (χ0n) is 16.0. The summed E-state index contributed by atoms with van der Waals surface area (Å²) in [7, 11) is 1.86. The molecule has 1 saturated heterocycles. The first kappa shape index (κ1) is 18.2. The summed E-state index contributed by atoms with van der Waals surface area (Å²) in [5.41, 5.74) is 12.1. The molecule has 144 valence electrons. The SMILES string of the molecule is C=C/C(=C\NC)c1cnn2c(N)c(-c3cccnc3)c(C3CCCNC3)nc12. The third kappa shape index (κ3) is 3.14. The number of hydrogen-bond acceptors (Lipinski definition) is 6. The molecule has 28 heavy (non-hydrogen) atoms. The minimum absolute atomic E-state index is 0.291. The highest BCUT2D eigenvalue weighted by Crippen LogP contribution is 2.36. The van der Waals surface area contributed by atoms with Gasteiger partial charge in [0.1, 0.15) is 5.82 Å². The van der Waals surface area contributed by atoms with E-state index in [0.717, 1.165) is 59.5 Å². The summed E-state index contributed by atoms with van der Waals surface area (Å²) < 4.78 is 1.71. The molecule has 1 atom stereocenters. The molecule has 3 aromatic rings. The van der Waals surface area contributed by atoms with E-state index in [1.807, 2.05) is 31.6 Å². The number of aromatic nitrogens is 4. The number of allylic oxidation sites excluding steroid dienone is 2. The Morgan fingerprint density at radius 2 is 2.32 bits per heavy atom. The van der Waals surface area contributed by atoms with E-state index in [4.69, 9.17) is 10.7 Å². The zero-order valence-corrected chi connectivity index (χ0v) is 16.0. The van der Waals surface area contributed by atoms with Crippen LogP contribution in [0, 0.1) is 0 Å². The van der Waals surface area contributed by atoms with Crippen molar-refractivity contribution in [3.05, 3.63) is 60.8 Å². The van der Waals surface area contributed by atoms with Crippen molar-refractivity contribution in [3.63, 3.8) is 0 Å². The summed E-state index contributed by atoms with van der Waals surface area (Å²) in [5.74, 6) is 0.872. The maximum absolute atomic E-state index is 6.64. The monoisotopic (exact) mass is 375 g/mol. The number of pyridine rings is 1. The Morgan fingerprint density at radius 1 is 1.43 bits per heavy atom. The Kier molecular flexibility index (Phi) is 5.08. The lowest BCUT2D eigenvalue weighted by Gasteiger charge is -2.25. The highest BCUT2D eigenvalue weighted by atomic mass is 15.3. The van der Waals surface area contributed by atoms with Crippen LogP contribution in [0.25, 0.3) is 22.3 Å². The van der Waals surface area contributed by atoms with Crippen LogP contribution in [0.4, 0.5) is 5.82 Å². The second-order valence-electron chi connectivity index (χ2n) is 6.93. The standard InChI is InChI=1S/C21H25N7/c1-3-14(10-23-2)17-13-26-28-20(22)18(15-6-4-8-24-11-15)19(27-21(17)28)16-7-5-9-25-12-16/h3-4,6,8,10-11,13,16,23,25H,1,5,7,9,12,22H2,2H3/b14-10+. The van der Waals surface area contributed by atoms with Gasteiger partial charge in [0.25, 0.3) is 0 Å². The molecule has 1 unspecified atom stereocenters. The van der Waals surface area contributed by atoms with Crippen LogP contribution in [0.1, 0.15) is 30.0 Å². The number of fused-ring (bicyclic) bond motifs is 1. The van der Waals surface area contributed by atoms with E-state index in [1.54, 1.807) is 23.0 Å². The van der Waals surface area contributed by atoms with Gasteiger partial charge in [0.15, 0.2) is 5.65 Å². The topological polar surface area (TPSA) is 93.2 Å². The van der Waals surface area contributed by atoms with Gasteiger partial charge in [-0.3, -0.25) is 4.98 Å². The van der Waals surface area contributed by atoms with E-state index in [9.17, 15) is 0 Å². The summed E-state index contributed by atoms with van der Waals surface area (Å²) in [6.07, 6.45) is 11.3. The normalized spacial score (nSPS) is 17.6. The average Bonchev–Trinajstić information content (AvgIpc) is 3.17. The van der Waals surface area contributed by atoms with Gasteiger partial charge in [-0.25, -0.2) is 4.98 Å². The lowest BCUT2D eigenvalue weighted by molar-refractivity contribution is 0.455. The summed E-state index contributed by atoms with van der Waals surface area (Å²) in [6.45, 7) is 5.85. The Labute approximate surface area is 164 Å². The molecule has 0 aromatic carbocycles. The minimum atomic E-state index is 0.291. The average molecular weight is 375 g/mol. The van der Waals surface area contributed by atoms with E-state index < -0.39 is 0 Å². The van der Waals surface area contributed by atoms with Crippen LogP contribution in [0.15, 0.2) is 49.6 Å². The van der Waals surface area contributed by atoms with Crippen LogP contribution in [-0.2, 0) is 0 Å². The van der Waals surface area contributed by atoms with Gasteiger partial charge >= 0.3 is 0 Å². The molecule has 4 rings (SSSR count). The molecule has 4 heterocycles. The van der Waals surface area contributed by atoms with E-state index in [-0.39, 0.29) is 0 Å². The quantitative estimate of drug-likeness (QED) is 0.594. The predicted molar refractivity (Wildman–Crippen MR) is 113 cm³/mol. The molecule has 1 aliphatic rings. The fourth-order valence-electron chi connectivity index (χ4n) is 3.83. The predicted octanol–water partition coefficient (Wildman–Crippen LogP) is 2.59. The molecule has 0 bridgehead atoms. The first-order valence-corrected chi connectivity index (χ1v) is 9.53. The Hall–Kier alpha value is -3.19. The Balaban J connectivity index is 1.98. The molecule has 0 aliphatic carbocycles. The lowest BCUT2D eigenvalue weighted by atomic mass is 9.90. The van der Waals surface area contributed by atoms with Crippen molar-refractivity contribution in [2.24, 2.45) is 0 Å². The molecule has 4 N–H and O–H groups in total. The number of nitrogen functional groups attached to an aromatic ring is 1. The van der Waals surface area contributed by atoms with E-state index in [0.29, 0.717) is 11.7 Å². The molecule has 0 radical (unpaired) electrons. The van der Waals surface area contributed by atoms with Crippen molar-refractivity contribution in [2.45, 2.75) is 18.8 Å². The van der Waals surface area contributed by atoms with Gasteiger partial charge < -0.3 is 16.4 Å². The maximum Gasteiger partial charge on any atom is 0.165 e. The third-order valence-electron chi connectivity index (χ3n) is 5.18. The molecule has 1 fully saturated rings. The second kappa shape index (κ2) is 7.82. The summed E-state index contributed by atoms with van der Waals surface area (Å²) >= 11 is 0. The fraction of sp³-hybridized carbons (Fsp3) is 0.286. The number of piperidine rings is 1. The fourth-order valence-corrected chi connectivity index (χ4v) is 3.83. The summed E-state index contributed by atoms with van der Waals surface area (Å²) in [5, 5.41) is 11.1. The molecule has 0 spiro atoms. The van der Waals surface area contributed by atoms with Crippen LogP contribution >= 0.6 is 0 Å². The van der Waals surface area contributed by atoms with Crippen molar-refractivity contribution in [1.29, 1.82) is 0 Å². The Morgan fingerprint density at radius 3 is 3.00 bits per heavy atom. The number of rotatable bonds is 5. The number of nitrogens with one attached hydrogen (secondary N) is 2. The summed E-state index contributed by atoms with van der Waals surface area (Å²) in [6, 6.07) is 3.94. The van der Waals surface area contributed by atoms with Crippen molar-refractivity contribution in [2.75, 3.05) is 25.9 Å². The first-order valence-electron chi connectivity index (χ1n) is 9.53. The molecular formula is C21H25N7. The van der Waals surface area contributed by atoms with Crippen molar-refractivity contribution in [1.82, 2.24) is 30.2 Å². The van der Waals surface area contributed by atoms with Crippen LogP contribution in [-0.4, -0.2) is 39.7 Å². The van der Waals surface area contributed by atoms with Crippen LogP contribution in [0.3, 0.4) is 0 Å². The zero-order chi connectivity index (χ0) is 19.5. The molecular weight excluding hydrogens is 350 g/mol. The van der Waals surface area contributed by atoms with Crippen LogP contribution < -0.4 is 16.4 Å². The number of nitrogens with two attached hydrogens (primary N) is 1. The van der Waals surface area contributed by atoms with Crippen molar-refractivity contribution >= 4 is 17.0 Å². The van der Waals surface area contributed by atoms with Gasteiger partial charge in [-0.1, -0.05) is 18.7 Å². The molecule has 0 saturated carbocycles. The van der Waals surface area contributed by atoms with Crippen LogP contribution in [0.5, 0.6) is 0 Å². The first-order chi connectivity index (χ1) is 13.7. The largest absolute Gasteiger partial charge is 0.393 e. The van der Waals surface area contributed by atoms with E-state index >= 15 is 0 Å². The smallest absolute Gasteiger partial charge is 0.165 e. The van der Waals surface area contributed by atoms with E-state index in [1.165, 1.54) is 0 Å². The molecule has 1 aliphatic heterocycles. The van der Waals surface area contributed by atoms with Crippen molar-refractivity contribution in [3.8, 4) is 11.1 Å². The van der Waals surface area contributed by atoms with E-state index in [2.05, 4.69) is 27.3 Å². The number of nitrogens with zero attached hydrogens (tertiary/aromatic N) is 4. The van der Waals surface area contributed by atoms with Gasteiger partial charge in [0.2, 0.25) is 0 Å². The summed E-state index contributed by atoms with van der Waals surface area (Å²) in [4.78, 5) is 9.36. The highest BCUT2D eigenvalue weighted by molar-refractivity contribution is 5.85. The highest BCUT2D eigenvalue weighted by Gasteiger charge is 2.25. The van der Waals surface area contributed by atoms with Gasteiger partial charge in [0.05, 0.1) is 11.9 Å². The Bertz CT molecular complexity index is 1010. The van der Waals surface area contributed by atoms with Gasteiger partial charge in [-0.05, 0) is 25.5 Å². The third-order valence-corrected chi connectivity index (χ3v) is 5.18. The molecule has 7 nitrogen and oxygen atoms in total. The van der Waals surface area contributed by atoms with Gasteiger partial charge in [-0.2, -0.15) is 9.61 Å². The molecule has 3 aromatic heterocycles. The molecule has 0 amide bonds. The lowest BCUT2D eigenvalue weighted by Crippen LogP contribution is -2.29. The van der Waals surface area contributed by atoms with Crippen molar-refractivity contribution < 1.29 is 0 Å². The number of anilines is 1. The minimum Gasteiger partial charge on any atom is -0.393 e. The molecule has 7 heteroatoms. The maximum atomic E-state index is 6.64. The second-order valence-corrected chi connectivity index (χ2v) is 6.93.